The predicted molar refractivity (Wildman–Crippen MR) is 80.4 cm³/mol. The van der Waals surface area contributed by atoms with Crippen LogP contribution in [-0.4, -0.2) is 47.2 Å². The van der Waals surface area contributed by atoms with Crippen molar-refractivity contribution in [2.45, 2.75) is 38.0 Å². The Bertz CT molecular complexity index is 436. The first kappa shape index (κ1) is 15.3. The molecule has 2 fully saturated rings. The molecule has 1 aliphatic carbocycles. The van der Waals surface area contributed by atoms with Crippen LogP contribution >= 0.6 is 12.4 Å². The maximum atomic E-state index is 12.3. The number of carbonyl (C=O) groups excluding carboxylic acids is 1. The number of aromatic amines is 1. The van der Waals surface area contributed by atoms with Crippen LogP contribution in [0.5, 0.6) is 0 Å². The summed E-state index contributed by atoms with van der Waals surface area (Å²) in [5, 5.41) is 10.6. The van der Waals surface area contributed by atoms with E-state index in [1.807, 2.05) is 11.0 Å². The normalized spacial score (nSPS) is 20.5. The van der Waals surface area contributed by atoms with Crippen molar-refractivity contribution in [3.05, 3.63) is 17.5 Å². The molecule has 1 aromatic heterocycles. The Morgan fingerprint density at radius 3 is 2.60 bits per heavy atom. The summed E-state index contributed by atoms with van der Waals surface area (Å²) in [6.45, 7) is 3.33. The van der Waals surface area contributed by atoms with Gasteiger partial charge in [-0.25, -0.2) is 0 Å². The van der Waals surface area contributed by atoms with E-state index in [-0.39, 0.29) is 18.3 Å². The first-order valence-electron chi connectivity index (χ1n) is 7.40. The second-order valence-corrected chi connectivity index (χ2v) is 5.59. The number of piperazine rings is 1. The number of hydrogen-bond donors (Lipinski definition) is 2. The van der Waals surface area contributed by atoms with Crippen LogP contribution in [0, 0.1) is 0 Å². The van der Waals surface area contributed by atoms with E-state index in [2.05, 4.69) is 15.5 Å². The number of nitrogens with zero attached hydrogens (tertiary/aromatic N) is 2. The van der Waals surface area contributed by atoms with Gasteiger partial charge < -0.3 is 10.2 Å². The van der Waals surface area contributed by atoms with Gasteiger partial charge in [0, 0.05) is 37.8 Å². The van der Waals surface area contributed by atoms with Gasteiger partial charge in [-0.15, -0.1) is 12.4 Å². The third kappa shape index (κ3) is 3.33. The van der Waals surface area contributed by atoms with Gasteiger partial charge in [-0.1, -0.05) is 19.3 Å². The Morgan fingerprint density at radius 1 is 1.20 bits per heavy atom. The summed E-state index contributed by atoms with van der Waals surface area (Å²) < 4.78 is 0. The van der Waals surface area contributed by atoms with Crippen LogP contribution in [0.4, 0.5) is 0 Å². The lowest BCUT2D eigenvalue weighted by atomic mass is 9.87. The Hall–Kier alpha value is -1.07. The smallest absolute Gasteiger partial charge is 0.274 e. The molecule has 0 radical (unpaired) electrons. The summed E-state index contributed by atoms with van der Waals surface area (Å²) >= 11 is 0. The molecule has 2 aliphatic rings. The molecular formula is C14H23ClN4O. The zero-order chi connectivity index (χ0) is 13.1. The second kappa shape index (κ2) is 7.09. The number of carbonyl (C=O) groups is 1. The molecule has 0 bridgehead atoms. The average molecular weight is 299 g/mol. The highest BCUT2D eigenvalue weighted by atomic mass is 35.5. The molecule has 1 saturated carbocycles. The number of amides is 1. The third-order valence-corrected chi connectivity index (χ3v) is 4.27. The van der Waals surface area contributed by atoms with Crippen molar-refractivity contribution in [1.82, 2.24) is 20.4 Å². The van der Waals surface area contributed by atoms with E-state index >= 15 is 0 Å². The number of aromatic nitrogens is 2. The van der Waals surface area contributed by atoms with Gasteiger partial charge >= 0.3 is 0 Å². The van der Waals surface area contributed by atoms with Gasteiger partial charge in [0.2, 0.25) is 0 Å². The van der Waals surface area contributed by atoms with Crippen molar-refractivity contribution in [2.75, 3.05) is 26.2 Å². The fourth-order valence-electron chi connectivity index (χ4n) is 3.10. The van der Waals surface area contributed by atoms with E-state index < -0.39 is 0 Å². The second-order valence-electron chi connectivity index (χ2n) is 5.59. The fraction of sp³-hybridized carbons (Fsp3) is 0.714. The third-order valence-electron chi connectivity index (χ3n) is 4.27. The van der Waals surface area contributed by atoms with E-state index in [4.69, 9.17) is 0 Å². The number of rotatable bonds is 2. The van der Waals surface area contributed by atoms with E-state index in [0.717, 1.165) is 31.9 Å². The van der Waals surface area contributed by atoms with E-state index in [9.17, 15) is 4.79 Å². The molecule has 6 heteroatoms. The summed E-state index contributed by atoms with van der Waals surface area (Å²) in [5.41, 5.74) is 1.74. The molecule has 20 heavy (non-hydrogen) atoms. The summed E-state index contributed by atoms with van der Waals surface area (Å²) in [4.78, 5) is 14.2. The number of nitrogens with one attached hydrogen (secondary N) is 2. The lowest BCUT2D eigenvalue weighted by Crippen LogP contribution is -2.46. The zero-order valence-electron chi connectivity index (χ0n) is 11.7. The summed E-state index contributed by atoms with van der Waals surface area (Å²) in [5.74, 6) is 0.644. The molecule has 0 atom stereocenters. The van der Waals surface area contributed by atoms with Gasteiger partial charge in [-0.3, -0.25) is 9.89 Å². The topological polar surface area (TPSA) is 61.0 Å². The monoisotopic (exact) mass is 298 g/mol. The highest BCUT2D eigenvalue weighted by Crippen LogP contribution is 2.31. The van der Waals surface area contributed by atoms with Crippen molar-refractivity contribution < 1.29 is 4.79 Å². The number of halogens is 1. The summed E-state index contributed by atoms with van der Waals surface area (Å²) in [7, 11) is 0. The molecule has 5 nitrogen and oxygen atoms in total. The molecule has 0 spiro atoms. The number of hydrogen-bond acceptors (Lipinski definition) is 3. The average Bonchev–Trinajstić information content (AvgIpc) is 2.98. The summed E-state index contributed by atoms with van der Waals surface area (Å²) in [6, 6.07) is 1.97. The molecule has 0 aromatic carbocycles. The van der Waals surface area contributed by atoms with Crippen LogP contribution < -0.4 is 5.32 Å². The zero-order valence-corrected chi connectivity index (χ0v) is 12.5. The predicted octanol–water partition coefficient (Wildman–Crippen LogP) is 1.92. The molecule has 1 aromatic rings. The van der Waals surface area contributed by atoms with Crippen molar-refractivity contribution in [1.29, 1.82) is 0 Å². The fourth-order valence-corrected chi connectivity index (χ4v) is 3.10. The van der Waals surface area contributed by atoms with Gasteiger partial charge in [0.15, 0.2) is 0 Å². The van der Waals surface area contributed by atoms with Gasteiger partial charge in [-0.05, 0) is 18.9 Å². The lowest BCUT2D eigenvalue weighted by Gasteiger charge is -2.26. The molecule has 1 aliphatic heterocycles. The van der Waals surface area contributed by atoms with Crippen LogP contribution in [-0.2, 0) is 0 Å². The van der Waals surface area contributed by atoms with Gasteiger partial charge in [-0.2, -0.15) is 5.10 Å². The first-order chi connectivity index (χ1) is 9.34. The Morgan fingerprint density at radius 2 is 1.90 bits per heavy atom. The lowest BCUT2D eigenvalue weighted by molar-refractivity contribution is 0.0730. The first-order valence-corrected chi connectivity index (χ1v) is 7.40. The highest BCUT2D eigenvalue weighted by Gasteiger charge is 2.23. The van der Waals surface area contributed by atoms with E-state index in [1.165, 1.54) is 32.1 Å². The van der Waals surface area contributed by atoms with Crippen molar-refractivity contribution in [3.63, 3.8) is 0 Å². The Labute approximate surface area is 125 Å². The van der Waals surface area contributed by atoms with Crippen molar-refractivity contribution in [3.8, 4) is 0 Å². The molecule has 112 valence electrons. The summed E-state index contributed by atoms with van der Waals surface area (Å²) in [6.07, 6.45) is 6.39. The van der Waals surface area contributed by atoms with Crippen LogP contribution in [0.3, 0.4) is 0 Å². The van der Waals surface area contributed by atoms with Crippen LogP contribution in [0.2, 0.25) is 0 Å². The maximum absolute atomic E-state index is 12.3. The van der Waals surface area contributed by atoms with Crippen LogP contribution in [0.25, 0.3) is 0 Å². The minimum Gasteiger partial charge on any atom is -0.335 e. The Balaban J connectivity index is 0.00000147. The minimum atomic E-state index is 0. The van der Waals surface area contributed by atoms with Crippen molar-refractivity contribution >= 4 is 18.3 Å². The number of H-pyrrole nitrogens is 1. The molecule has 1 amide bonds. The Kier molecular flexibility index (Phi) is 5.43. The highest BCUT2D eigenvalue weighted by molar-refractivity contribution is 5.92. The molecule has 0 unspecified atom stereocenters. The molecule has 2 heterocycles. The van der Waals surface area contributed by atoms with E-state index in [1.54, 1.807) is 0 Å². The SMILES string of the molecule is Cl.O=C(c1cc(C2CCCCC2)[nH]n1)N1CCNCC1. The molecule has 3 rings (SSSR count). The van der Waals surface area contributed by atoms with Crippen molar-refractivity contribution in [2.24, 2.45) is 0 Å². The molecule has 2 N–H and O–H groups in total. The van der Waals surface area contributed by atoms with E-state index in [0.29, 0.717) is 11.6 Å². The van der Waals surface area contributed by atoms with Crippen LogP contribution in [0.1, 0.15) is 54.2 Å². The van der Waals surface area contributed by atoms with Gasteiger partial charge in [0.05, 0.1) is 0 Å². The largest absolute Gasteiger partial charge is 0.335 e. The minimum absolute atomic E-state index is 0. The molecule has 1 saturated heterocycles. The van der Waals surface area contributed by atoms with Gasteiger partial charge in [0.25, 0.3) is 5.91 Å². The van der Waals surface area contributed by atoms with Crippen LogP contribution in [0.15, 0.2) is 6.07 Å². The molecular weight excluding hydrogens is 276 g/mol. The standard InChI is InChI=1S/C14H22N4O.ClH/c19-14(18-8-6-15-7-9-18)13-10-12(16-17-13)11-4-2-1-3-5-11;/h10-11,15H,1-9H2,(H,16,17);1H. The van der Waals surface area contributed by atoms with Gasteiger partial charge in [0.1, 0.15) is 5.69 Å². The quantitative estimate of drug-likeness (QED) is 0.877. The maximum Gasteiger partial charge on any atom is 0.274 e.